The van der Waals surface area contributed by atoms with Gasteiger partial charge in [-0.25, -0.2) is 13.6 Å². The Balaban J connectivity index is 2.05. The van der Waals surface area contributed by atoms with Crippen LogP contribution in [0.4, 0.5) is 8.78 Å². The van der Waals surface area contributed by atoms with Crippen molar-refractivity contribution in [2.75, 3.05) is 39.5 Å². The van der Waals surface area contributed by atoms with Gasteiger partial charge in [-0.15, -0.1) is 0 Å². The van der Waals surface area contributed by atoms with Crippen LogP contribution in [0.1, 0.15) is 23.7 Å². The van der Waals surface area contributed by atoms with E-state index in [1.807, 2.05) is 0 Å². The molecule has 0 spiro atoms. The van der Waals surface area contributed by atoms with E-state index in [0.717, 1.165) is 18.2 Å². The molecule has 0 unspecified atom stereocenters. The van der Waals surface area contributed by atoms with E-state index in [2.05, 4.69) is 4.99 Å². The molecular weight excluding hydrogens is 414 g/mol. The lowest BCUT2D eigenvalue weighted by molar-refractivity contribution is -0.142. The lowest BCUT2D eigenvalue weighted by Gasteiger charge is -2.26. The average Bonchev–Trinajstić information content (AvgIpc) is 2.73. The number of nitrogens with zero attached hydrogens (tertiary/aromatic N) is 2. The summed E-state index contributed by atoms with van der Waals surface area (Å²) in [5, 5.41) is 0. The fraction of sp³-hybridized carbons (Fsp3) is 0.400. The van der Waals surface area contributed by atoms with Gasteiger partial charge < -0.3 is 25.8 Å². The van der Waals surface area contributed by atoms with Crippen molar-refractivity contribution in [3.05, 3.63) is 46.7 Å². The molecule has 0 atom stereocenters. The van der Waals surface area contributed by atoms with Gasteiger partial charge in [0.1, 0.15) is 29.7 Å². The standard InChI is InChI=1S/C20H24F2N4O5/c1-2-14(23)18(19(24)25-6-7-26-8-9-30-11-16(26)28)20(29)31-10-15(27)17-12(21)4-3-5-13(17)22/h3-5H,2,6-11,23H2,1H3,(H2,24,25). The fourth-order valence-corrected chi connectivity index (χ4v) is 2.77. The Morgan fingerprint density at radius 2 is 1.94 bits per heavy atom. The number of hydrogen-bond acceptors (Lipinski definition) is 7. The lowest BCUT2D eigenvalue weighted by Crippen LogP contribution is -2.43. The van der Waals surface area contributed by atoms with Crippen LogP contribution in [0.25, 0.3) is 0 Å². The van der Waals surface area contributed by atoms with Crippen LogP contribution in [-0.2, 0) is 19.1 Å². The van der Waals surface area contributed by atoms with Gasteiger partial charge in [0.2, 0.25) is 11.7 Å². The normalized spacial score (nSPS) is 15.5. The highest BCUT2D eigenvalue weighted by atomic mass is 19.1. The Labute approximate surface area is 177 Å². The van der Waals surface area contributed by atoms with E-state index in [9.17, 15) is 23.2 Å². The summed E-state index contributed by atoms with van der Waals surface area (Å²) in [5.41, 5.74) is 10.8. The smallest absolute Gasteiger partial charge is 0.344 e. The summed E-state index contributed by atoms with van der Waals surface area (Å²) >= 11 is 0. The van der Waals surface area contributed by atoms with Crippen molar-refractivity contribution in [3.8, 4) is 0 Å². The molecule has 1 aromatic carbocycles. The highest BCUT2D eigenvalue weighted by molar-refractivity contribution is 6.19. The maximum Gasteiger partial charge on any atom is 0.344 e. The van der Waals surface area contributed by atoms with Crippen molar-refractivity contribution in [3.63, 3.8) is 0 Å². The first-order chi connectivity index (χ1) is 14.8. The molecule has 0 saturated carbocycles. The van der Waals surface area contributed by atoms with E-state index in [-0.39, 0.29) is 49.1 Å². The Hall–Kier alpha value is -3.34. The van der Waals surface area contributed by atoms with E-state index in [1.165, 1.54) is 0 Å². The van der Waals surface area contributed by atoms with Crippen molar-refractivity contribution < 1.29 is 32.6 Å². The quantitative estimate of drug-likeness (QED) is 0.189. The fourth-order valence-electron chi connectivity index (χ4n) is 2.77. The van der Waals surface area contributed by atoms with Crippen LogP contribution < -0.4 is 11.5 Å². The first-order valence-corrected chi connectivity index (χ1v) is 9.55. The van der Waals surface area contributed by atoms with Crippen molar-refractivity contribution in [2.45, 2.75) is 13.3 Å². The van der Waals surface area contributed by atoms with E-state index in [1.54, 1.807) is 11.8 Å². The van der Waals surface area contributed by atoms with Gasteiger partial charge in [-0.2, -0.15) is 0 Å². The van der Waals surface area contributed by atoms with Crippen LogP contribution in [0.5, 0.6) is 0 Å². The zero-order chi connectivity index (χ0) is 23.0. The minimum Gasteiger partial charge on any atom is -0.454 e. The summed E-state index contributed by atoms with van der Waals surface area (Å²) in [4.78, 5) is 41.9. The van der Waals surface area contributed by atoms with E-state index in [0.29, 0.717) is 13.2 Å². The number of allylic oxidation sites excluding steroid dienone is 1. The molecule has 0 bridgehead atoms. The van der Waals surface area contributed by atoms with Crippen molar-refractivity contribution in [1.29, 1.82) is 0 Å². The molecule has 0 aromatic heterocycles. The summed E-state index contributed by atoms with van der Waals surface area (Å²) in [6.45, 7) is 1.96. The Morgan fingerprint density at radius 1 is 1.26 bits per heavy atom. The van der Waals surface area contributed by atoms with Crippen LogP contribution in [0.3, 0.4) is 0 Å². The van der Waals surface area contributed by atoms with E-state index >= 15 is 0 Å². The first kappa shape index (κ1) is 23.9. The third-order valence-corrected chi connectivity index (χ3v) is 4.47. The molecule has 4 N–H and O–H groups in total. The number of hydrogen-bond donors (Lipinski definition) is 2. The van der Waals surface area contributed by atoms with Crippen LogP contribution in [-0.4, -0.2) is 67.9 Å². The second kappa shape index (κ2) is 11.2. The summed E-state index contributed by atoms with van der Waals surface area (Å²) in [6, 6.07) is 2.95. The number of Topliss-reactive ketones (excluding diaryl/α,β-unsaturated/α-hetero) is 1. The zero-order valence-electron chi connectivity index (χ0n) is 17.0. The molecule has 1 aliphatic heterocycles. The summed E-state index contributed by atoms with van der Waals surface area (Å²) < 4.78 is 37.3. The van der Waals surface area contributed by atoms with Gasteiger partial charge in [0.25, 0.3) is 0 Å². The number of esters is 1. The number of ether oxygens (including phenoxy) is 2. The van der Waals surface area contributed by atoms with Gasteiger partial charge in [0.05, 0.1) is 18.7 Å². The number of carbonyl (C=O) groups is 3. The predicted molar refractivity (Wildman–Crippen MR) is 107 cm³/mol. The summed E-state index contributed by atoms with van der Waals surface area (Å²) in [7, 11) is 0. The SMILES string of the molecule is CCC(N)=C(C(=O)OCC(=O)c1c(F)cccc1F)C(N)=NCCN1CCOCC1=O. The van der Waals surface area contributed by atoms with Gasteiger partial charge in [-0.05, 0) is 18.6 Å². The molecule has 1 amide bonds. The molecule has 31 heavy (non-hydrogen) atoms. The molecule has 168 valence electrons. The first-order valence-electron chi connectivity index (χ1n) is 9.55. The molecule has 1 fully saturated rings. The van der Waals surface area contributed by atoms with Gasteiger partial charge in [-0.3, -0.25) is 14.6 Å². The second-order valence-electron chi connectivity index (χ2n) is 6.55. The van der Waals surface area contributed by atoms with Gasteiger partial charge in [0.15, 0.2) is 6.61 Å². The predicted octanol–water partition coefficient (Wildman–Crippen LogP) is 0.530. The molecule has 1 heterocycles. The van der Waals surface area contributed by atoms with E-state index < -0.39 is 35.6 Å². The second-order valence-corrected chi connectivity index (χ2v) is 6.55. The number of benzene rings is 1. The van der Waals surface area contributed by atoms with Crippen LogP contribution >= 0.6 is 0 Å². The van der Waals surface area contributed by atoms with Crippen molar-refractivity contribution >= 4 is 23.5 Å². The topological polar surface area (TPSA) is 137 Å². The maximum atomic E-state index is 13.7. The van der Waals surface area contributed by atoms with Crippen molar-refractivity contribution in [1.82, 2.24) is 4.90 Å². The lowest BCUT2D eigenvalue weighted by atomic mass is 10.1. The largest absolute Gasteiger partial charge is 0.454 e. The Morgan fingerprint density at radius 3 is 2.55 bits per heavy atom. The summed E-state index contributed by atoms with van der Waals surface area (Å²) in [5.74, 6) is -4.64. The minimum atomic E-state index is -1.07. The molecule has 0 radical (unpaired) electrons. The molecule has 1 aliphatic rings. The molecule has 0 aliphatic carbocycles. The highest BCUT2D eigenvalue weighted by Gasteiger charge is 2.23. The third kappa shape index (κ3) is 6.32. The molecule has 1 saturated heterocycles. The number of amides is 1. The molecular formula is C20H24F2N4O5. The molecule has 11 heteroatoms. The maximum absolute atomic E-state index is 13.7. The Bertz CT molecular complexity index is 897. The van der Waals surface area contributed by atoms with Crippen LogP contribution in [0.2, 0.25) is 0 Å². The zero-order valence-corrected chi connectivity index (χ0v) is 17.0. The third-order valence-electron chi connectivity index (χ3n) is 4.47. The number of ketones is 1. The molecule has 1 aromatic rings. The minimum absolute atomic E-state index is 0.00388. The number of halogens is 2. The number of morpholine rings is 1. The van der Waals surface area contributed by atoms with Crippen molar-refractivity contribution in [2.24, 2.45) is 16.5 Å². The summed E-state index contributed by atoms with van der Waals surface area (Å²) in [6.07, 6.45) is 0.235. The van der Waals surface area contributed by atoms with Gasteiger partial charge in [0, 0.05) is 18.8 Å². The van der Waals surface area contributed by atoms with Gasteiger partial charge >= 0.3 is 5.97 Å². The molecule has 2 rings (SSSR count). The number of aliphatic imine (C=N–C) groups is 1. The number of carbonyl (C=O) groups excluding carboxylic acids is 3. The number of rotatable bonds is 9. The Kier molecular flexibility index (Phi) is 8.62. The van der Waals surface area contributed by atoms with Crippen LogP contribution in [0, 0.1) is 11.6 Å². The average molecular weight is 438 g/mol. The van der Waals surface area contributed by atoms with Crippen LogP contribution in [0.15, 0.2) is 34.5 Å². The van der Waals surface area contributed by atoms with E-state index in [4.69, 9.17) is 20.9 Å². The molecule has 9 nitrogen and oxygen atoms in total. The number of nitrogens with two attached hydrogens (primary N) is 2. The number of amidine groups is 1. The van der Waals surface area contributed by atoms with Gasteiger partial charge in [-0.1, -0.05) is 13.0 Å². The highest BCUT2D eigenvalue weighted by Crippen LogP contribution is 2.14. The monoisotopic (exact) mass is 438 g/mol.